The van der Waals surface area contributed by atoms with Gasteiger partial charge in [0.25, 0.3) is 0 Å². The summed E-state index contributed by atoms with van der Waals surface area (Å²) in [6, 6.07) is 8.51. The first-order chi connectivity index (χ1) is 9.29. The number of benzene rings is 1. The summed E-state index contributed by atoms with van der Waals surface area (Å²) in [5.41, 5.74) is 2.54. The van der Waals surface area contributed by atoms with Crippen LogP contribution >= 0.6 is 0 Å². The summed E-state index contributed by atoms with van der Waals surface area (Å²) in [5.74, 6) is 0.951. The van der Waals surface area contributed by atoms with Crippen molar-refractivity contribution in [2.75, 3.05) is 33.3 Å². The van der Waals surface area contributed by atoms with Gasteiger partial charge in [-0.2, -0.15) is 0 Å². The number of aryl methyl sites for hydroxylation is 1. The number of rotatable bonds is 3. The molecule has 0 radical (unpaired) electrons. The highest BCUT2D eigenvalue weighted by Gasteiger charge is 2.14. The highest BCUT2D eigenvalue weighted by molar-refractivity contribution is 5.86. The number of para-hydroxylation sites is 1. The van der Waals surface area contributed by atoms with Gasteiger partial charge in [-0.05, 0) is 12.1 Å². The number of piperazine rings is 1. The lowest BCUT2D eigenvalue weighted by molar-refractivity contribution is 0.229. The molecule has 0 bridgehead atoms. The zero-order valence-electron chi connectivity index (χ0n) is 11.6. The van der Waals surface area contributed by atoms with E-state index < -0.39 is 0 Å². The molecule has 1 aromatic carbocycles. The third-order valence-electron chi connectivity index (χ3n) is 3.93. The standard InChI is InChI=1S/C15H21N3O/c1-17-13(11-18-8-6-16-7-9-18)10-12-4-3-5-14(19-2)15(12)17/h3-5,10,16H,6-9,11H2,1-2H3. The van der Waals surface area contributed by atoms with E-state index >= 15 is 0 Å². The number of methoxy groups -OCH3 is 1. The van der Waals surface area contributed by atoms with Gasteiger partial charge in [0.05, 0.1) is 12.6 Å². The van der Waals surface area contributed by atoms with Crippen LogP contribution in [0.4, 0.5) is 0 Å². The molecule has 1 fully saturated rings. The zero-order chi connectivity index (χ0) is 13.2. The van der Waals surface area contributed by atoms with E-state index in [2.05, 4.69) is 40.0 Å². The average molecular weight is 259 g/mol. The van der Waals surface area contributed by atoms with Crippen molar-refractivity contribution in [1.29, 1.82) is 0 Å². The Labute approximate surface area is 114 Å². The van der Waals surface area contributed by atoms with Gasteiger partial charge >= 0.3 is 0 Å². The monoisotopic (exact) mass is 259 g/mol. The van der Waals surface area contributed by atoms with Crippen LogP contribution in [-0.2, 0) is 13.6 Å². The summed E-state index contributed by atoms with van der Waals surface area (Å²) in [6.07, 6.45) is 0. The Morgan fingerprint density at radius 2 is 2.05 bits per heavy atom. The average Bonchev–Trinajstić information content (AvgIpc) is 2.77. The van der Waals surface area contributed by atoms with Crippen molar-refractivity contribution in [2.24, 2.45) is 7.05 Å². The molecular formula is C15H21N3O. The lowest BCUT2D eigenvalue weighted by atomic mass is 10.2. The first-order valence-corrected chi connectivity index (χ1v) is 6.84. The Kier molecular flexibility index (Phi) is 3.44. The topological polar surface area (TPSA) is 29.4 Å². The molecule has 1 saturated heterocycles. The third-order valence-corrected chi connectivity index (χ3v) is 3.93. The zero-order valence-corrected chi connectivity index (χ0v) is 11.6. The van der Waals surface area contributed by atoms with Crippen LogP contribution in [0.1, 0.15) is 5.69 Å². The molecule has 0 unspecified atom stereocenters. The van der Waals surface area contributed by atoms with Crippen LogP contribution in [0.5, 0.6) is 5.75 Å². The van der Waals surface area contributed by atoms with Crippen LogP contribution in [0.25, 0.3) is 10.9 Å². The maximum absolute atomic E-state index is 5.47. The van der Waals surface area contributed by atoms with Crippen LogP contribution in [0.3, 0.4) is 0 Å². The van der Waals surface area contributed by atoms with Crippen molar-refractivity contribution in [3.05, 3.63) is 30.0 Å². The third kappa shape index (κ3) is 2.33. The van der Waals surface area contributed by atoms with Crippen molar-refractivity contribution in [1.82, 2.24) is 14.8 Å². The predicted octanol–water partition coefficient (Wildman–Crippen LogP) is 1.59. The van der Waals surface area contributed by atoms with E-state index in [4.69, 9.17) is 4.74 Å². The van der Waals surface area contributed by atoms with Crippen LogP contribution in [0, 0.1) is 0 Å². The Balaban J connectivity index is 1.93. The van der Waals surface area contributed by atoms with Crippen molar-refractivity contribution < 1.29 is 4.74 Å². The molecule has 2 aromatic rings. The minimum Gasteiger partial charge on any atom is -0.495 e. The second-order valence-corrected chi connectivity index (χ2v) is 5.12. The molecule has 3 rings (SSSR count). The molecule has 19 heavy (non-hydrogen) atoms. The van der Waals surface area contributed by atoms with Gasteiger partial charge in [0.2, 0.25) is 0 Å². The van der Waals surface area contributed by atoms with E-state index in [-0.39, 0.29) is 0 Å². The minimum absolute atomic E-state index is 0.951. The van der Waals surface area contributed by atoms with E-state index in [1.54, 1.807) is 7.11 Å². The fourth-order valence-corrected chi connectivity index (χ4v) is 2.85. The summed E-state index contributed by atoms with van der Waals surface area (Å²) in [5, 5.41) is 4.65. The number of hydrogen-bond acceptors (Lipinski definition) is 3. The fourth-order valence-electron chi connectivity index (χ4n) is 2.85. The van der Waals surface area contributed by atoms with Crippen molar-refractivity contribution in [3.8, 4) is 5.75 Å². The van der Waals surface area contributed by atoms with E-state index in [9.17, 15) is 0 Å². The van der Waals surface area contributed by atoms with Gasteiger partial charge in [-0.15, -0.1) is 0 Å². The summed E-state index contributed by atoms with van der Waals surface area (Å²) in [6.45, 7) is 5.44. The van der Waals surface area contributed by atoms with Crippen molar-refractivity contribution in [2.45, 2.75) is 6.54 Å². The summed E-state index contributed by atoms with van der Waals surface area (Å²) < 4.78 is 7.73. The largest absolute Gasteiger partial charge is 0.495 e. The Morgan fingerprint density at radius 3 is 2.79 bits per heavy atom. The summed E-state index contributed by atoms with van der Waals surface area (Å²) >= 11 is 0. The molecule has 0 spiro atoms. The van der Waals surface area contributed by atoms with Crippen molar-refractivity contribution >= 4 is 10.9 Å². The van der Waals surface area contributed by atoms with Gasteiger partial charge < -0.3 is 14.6 Å². The lowest BCUT2D eigenvalue weighted by Crippen LogP contribution is -2.43. The van der Waals surface area contributed by atoms with Crippen LogP contribution in [0.2, 0.25) is 0 Å². The van der Waals surface area contributed by atoms with E-state index in [1.807, 2.05) is 6.07 Å². The highest BCUT2D eigenvalue weighted by Crippen LogP contribution is 2.28. The number of nitrogens with one attached hydrogen (secondary N) is 1. The number of nitrogens with zero attached hydrogens (tertiary/aromatic N) is 2. The molecule has 2 heterocycles. The lowest BCUT2D eigenvalue weighted by Gasteiger charge is -2.27. The van der Waals surface area contributed by atoms with Gasteiger partial charge in [-0.3, -0.25) is 4.90 Å². The molecule has 1 aromatic heterocycles. The first-order valence-electron chi connectivity index (χ1n) is 6.84. The predicted molar refractivity (Wildman–Crippen MR) is 77.6 cm³/mol. The number of ether oxygens (including phenoxy) is 1. The smallest absolute Gasteiger partial charge is 0.143 e. The molecule has 0 atom stereocenters. The Morgan fingerprint density at radius 1 is 1.26 bits per heavy atom. The fraction of sp³-hybridized carbons (Fsp3) is 0.467. The van der Waals surface area contributed by atoms with Crippen molar-refractivity contribution in [3.63, 3.8) is 0 Å². The quantitative estimate of drug-likeness (QED) is 0.908. The van der Waals surface area contributed by atoms with Gasteiger partial charge in [0, 0.05) is 50.9 Å². The minimum atomic E-state index is 0.951. The SMILES string of the molecule is COc1cccc2cc(CN3CCNCC3)n(C)c12. The molecule has 4 heteroatoms. The molecule has 1 aliphatic heterocycles. The number of hydrogen-bond donors (Lipinski definition) is 1. The van der Waals surface area contributed by atoms with Gasteiger partial charge in [0.15, 0.2) is 0 Å². The number of aromatic nitrogens is 1. The second-order valence-electron chi connectivity index (χ2n) is 5.12. The molecule has 1 aliphatic rings. The van der Waals surface area contributed by atoms with E-state index in [1.165, 1.54) is 16.6 Å². The maximum atomic E-state index is 5.47. The van der Waals surface area contributed by atoms with Gasteiger partial charge in [-0.1, -0.05) is 12.1 Å². The molecule has 1 N–H and O–H groups in total. The first kappa shape index (κ1) is 12.5. The molecule has 0 saturated carbocycles. The molecule has 102 valence electrons. The summed E-state index contributed by atoms with van der Waals surface area (Å²) in [4.78, 5) is 2.50. The molecule has 0 aliphatic carbocycles. The van der Waals surface area contributed by atoms with Crippen LogP contribution < -0.4 is 10.1 Å². The van der Waals surface area contributed by atoms with E-state index in [0.717, 1.165) is 38.5 Å². The molecular weight excluding hydrogens is 238 g/mol. The Hall–Kier alpha value is -1.52. The highest BCUT2D eigenvalue weighted by atomic mass is 16.5. The molecule has 4 nitrogen and oxygen atoms in total. The molecule has 0 amide bonds. The van der Waals surface area contributed by atoms with E-state index in [0.29, 0.717) is 0 Å². The Bertz CT molecular complexity index is 570. The second kappa shape index (κ2) is 5.23. The maximum Gasteiger partial charge on any atom is 0.143 e. The van der Waals surface area contributed by atoms with Gasteiger partial charge in [0.1, 0.15) is 5.75 Å². The number of fused-ring (bicyclic) bond motifs is 1. The summed E-state index contributed by atoms with van der Waals surface area (Å²) in [7, 11) is 3.86. The van der Waals surface area contributed by atoms with Crippen LogP contribution in [0.15, 0.2) is 24.3 Å². The van der Waals surface area contributed by atoms with Gasteiger partial charge in [-0.25, -0.2) is 0 Å². The normalized spacial score (nSPS) is 16.9. The van der Waals surface area contributed by atoms with Crippen LogP contribution in [-0.4, -0.2) is 42.8 Å².